The number of aromatic nitrogens is 1. The molecule has 1 heterocycles. The molecule has 0 unspecified atom stereocenters. The molecular formula is C20H13ClF2N2O2S. The molecule has 0 fully saturated rings. The molecule has 4 nitrogen and oxygen atoms in total. The van der Waals surface area contributed by atoms with Crippen LogP contribution in [0.15, 0.2) is 53.9 Å². The number of amides is 1. The van der Waals surface area contributed by atoms with Gasteiger partial charge in [0.1, 0.15) is 11.6 Å². The van der Waals surface area contributed by atoms with Crippen molar-refractivity contribution in [3.8, 4) is 0 Å². The Morgan fingerprint density at radius 3 is 2.64 bits per heavy atom. The van der Waals surface area contributed by atoms with Gasteiger partial charge in [0.15, 0.2) is 10.9 Å². The van der Waals surface area contributed by atoms with Crippen molar-refractivity contribution in [1.29, 1.82) is 0 Å². The minimum atomic E-state index is -0.876. The van der Waals surface area contributed by atoms with Crippen molar-refractivity contribution < 1.29 is 18.4 Å². The second-order valence-electron chi connectivity index (χ2n) is 5.71. The fourth-order valence-electron chi connectivity index (χ4n) is 2.42. The van der Waals surface area contributed by atoms with Crippen molar-refractivity contribution in [2.45, 2.75) is 6.92 Å². The summed E-state index contributed by atoms with van der Waals surface area (Å²) in [6.45, 7) is 1.25. The Labute approximate surface area is 168 Å². The van der Waals surface area contributed by atoms with Gasteiger partial charge in [-0.15, -0.1) is 11.3 Å². The maximum Gasteiger partial charge on any atom is 0.230 e. The molecule has 0 aliphatic carbocycles. The van der Waals surface area contributed by atoms with Crippen LogP contribution in [0.25, 0.3) is 6.08 Å². The van der Waals surface area contributed by atoms with Crippen molar-refractivity contribution in [2.24, 2.45) is 0 Å². The van der Waals surface area contributed by atoms with E-state index in [1.165, 1.54) is 25.1 Å². The van der Waals surface area contributed by atoms with Gasteiger partial charge < -0.3 is 0 Å². The van der Waals surface area contributed by atoms with E-state index in [4.69, 9.17) is 11.6 Å². The molecule has 3 rings (SSSR count). The molecular weight excluding hydrogens is 406 g/mol. The normalized spacial score (nSPS) is 11.0. The van der Waals surface area contributed by atoms with E-state index < -0.39 is 17.5 Å². The van der Waals surface area contributed by atoms with Gasteiger partial charge in [0.2, 0.25) is 5.91 Å². The lowest BCUT2D eigenvalue weighted by molar-refractivity contribution is -0.115. The van der Waals surface area contributed by atoms with Crippen LogP contribution in [-0.4, -0.2) is 16.7 Å². The highest BCUT2D eigenvalue weighted by atomic mass is 35.5. The number of benzene rings is 2. The van der Waals surface area contributed by atoms with Crippen molar-refractivity contribution in [2.75, 3.05) is 4.90 Å². The average Bonchev–Trinajstić information content (AvgIpc) is 3.10. The van der Waals surface area contributed by atoms with Crippen molar-refractivity contribution >= 4 is 51.5 Å². The highest BCUT2D eigenvalue weighted by molar-refractivity contribution is 7.14. The van der Waals surface area contributed by atoms with Gasteiger partial charge in [-0.3, -0.25) is 14.5 Å². The van der Waals surface area contributed by atoms with E-state index in [2.05, 4.69) is 4.98 Å². The Kier molecular flexibility index (Phi) is 5.96. The maximum atomic E-state index is 14.1. The van der Waals surface area contributed by atoms with E-state index in [1.807, 2.05) is 0 Å². The molecule has 142 valence electrons. The van der Waals surface area contributed by atoms with Crippen LogP contribution in [0.4, 0.5) is 19.6 Å². The molecule has 0 bridgehead atoms. The summed E-state index contributed by atoms with van der Waals surface area (Å²) in [7, 11) is 0. The molecule has 28 heavy (non-hydrogen) atoms. The smallest absolute Gasteiger partial charge is 0.230 e. The molecule has 8 heteroatoms. The third-order valence-electron chi connectivity index (χ3n) is 3.68. The summed E-state index contributed by atoms with van der Waals surface area (Å²) in [4.78, 5) is 29.5. The Hall–Kier alpha value is -2.90. The first-order chi connectivity index (χ1) is 13.3. The van der Waals surface area contributed by atoms with Crippen LogP contribution in [-0.2, 0) is 4.79 Å². The third-order valence-corrected chi connectivity index (χ3v) is 4.76. The lowest BCUT2D eigenvalue weighted by Crippen LogP contribution is -2.23. The number of halogens is 3. The predicted molar refractivity (Wildman–Crippen MR) is 106 cm³/mol. The Balaban J connectivity index is 1.85. The zero-order valence-electron chi connectivity index (χ0n) is 14.5. The van der Waals surface area contributed by atoms with Crippen LogP contribution in [0.1, 0.15) is 23.0 Å². The van der Waals surface area contributed by atoms with Gasteiger partial charge in [0.05, 0.1) is 11.4 Å². The van der Waals surface area contributed by atoms with E-state index in [9.17, 15) is 18.4 Å². The predicted octanol–water partition coefficient (Wildman–Crippen LogP) is 5.66. The van der Waals surface area contributed by atoms with Crippen LogP contribution in [0.3, 0.4) is 0 Å². The molecule has 0 saturated heterocycles. The SMILES string of the molecule is CC(=O)N(c1nc(C=CC(=O)c2cccc(Cl)c2)cs1)c1ccc(F)cc1F. The summed E-state index contributed by atoms with van der Waals surface area (Å²) < 4.78 is 27.3. The van der Waals surface area contributed by atoms with Crippen molar-refractivity contribution in [3.05, 3.63) is 81.8 Å². The van der Waals surface area contributed by atoms with Gasteiger partial charge in [0.25, 0.3) is 0 Å². The number of hydrogen-bond donors (Lipinski definition) is 0. The molecule has 0 aliphatic heterocycles. The minimum absolute atomic E-state index is 0.103. The van der Waals surface area contributed by atoms with Crippen LogP contribution in [0.5, 0.6) is 0 Å². The molecule has 1 aromatic heterocycles. The molecule has 0 aliphatic rings. The maximum absolute atomic E-state index is 14.1. The first-order valence-corrected chi connectivity index (χ1v) is 9.30. The lowest BCUT2D eigenvalue weighted by Gasteiger charge is -2.18. The highest BCUT2D eigenvalue weighted by Crippen LogP contribution is 2.31. The quantitative estimate of drug-likeness (QED) is 0.397. The highest BCUT2D eigenvalue weighted by Gasteiger charge is 2.21. The summed E-state index contributed by atoms with van der Waals surface area (Å²) in [5, 5.41) is 2.27. The van der Waals surface area contributed by atoms with E-state index >= 15 is 0 Å². The number of rotatable bonds is 5. The van der Waals surface area contributed by atoms with Crippen LogP contribution in [0, 0.1) is 11.6 Å². The summed E-state index contributed by atoms with van der Waals surface area (Å²) in [5.41, 5.74) is 0.746. The standard InChI is InChI=1S/C20H13ClF2N2O2S/c1-12(26)25(18-7-5-15(22)10-17(18)23)20-24-16(11-28-20)6-8-19(27)13-3-2-4-14(21)9-13/h2-11H,1H3. The number of hydrogen-bond acceptors (Lipinski definition) is 4. The first kappa shape index (κ1) is 19.9. The monoisotopic (exact) mass is 418 g/mol. The number of carbonyl (C=O) groups is 2. The van der Waals surface area contributed by atoms with Crippen LogP contribution >= 0.6 is 22.9 Å². The molecule has 1 amide bonds. The largest absolute Gasteiger partial charge is 0.289 e. The van der Waals surface area contributed by atoms with Crippen molar-refractivity contribution in [1.82, 2.24) is 4.98 Å². The molecule has 0 N–H and O–H groups in total. The fraction of sp³-hybridized carbons (Fsp3) is 0.0500. The number of nitrogens with zero attached hydrogens (tertiary/aromatic N) is 2. The van der Waals surface area contributed by atoms with Gasteiger partial charge in [-0.25, -0.2) is 13.8 Å². The summed E-state index contributed by atoms with van der Waals surface area (Å²) in [6, 6.07) is 9.46. The number of ketones is 1. The van der Waals surface area contributed by atoms with Gasteiger partial charge in [-0.05, 0) is 36.4 Å². The van der Waals surface area contributed by atoms with E-state index in [0.717, 1.165) is 22.3 Å². The molecule has 0 atom stereocenters. The Morgan fingerprint density at radius 2 is 1.96 bits per heavy atom. The summed E-state index contributed by atoms with van der Waals surface area (Å²) in [5.74, 6) is -2.36. The van der Waals surface area contributed by atoms with Gasteiger partial charge in [-0.2, -0.15) is 0 Å². The fourth-order valence-corrected chi connectivity index (χ4v) is 3.46. The number of thiazole rings is 1. The average molecular weight is 419 g/mol. The molecule has 0 spiro atoms. The van der Waals surface area contributed by atoms with E-state index in [-0.39, 0.29) is 16.6 Å². The van der Waals surface area contributed by atoms with Gasteiger partial charge in [0, 0.05) is 29.0 Å². The molecule has 2 aromatic carbocycles. The van der Waals surface area contributed by atoms with Gasteiger partial charge >= 0.3 is 0 Å². The first-order valence-electron chi connectivity index (χ1n) is 8.04. The molecule has 0 saturated carbocycles. The Morgan fingerprint density at radius 1 is 1.18 bits per heavy atom. The second kappa shape index (κ2) is 8.41. The number of carbonyl (C=O) groups excluding carboxylic acids is 2. The van der Waals surface area contributed by atoms with Crippen molar-refractivity contribution in [3.63, 3.8) is 0 Å². The number of anilines is 2. The Bertz CT molecular complexity index is 1080. The van der Waals surface area contributed by atoms with Crippen LogP contribution in [0.2, 0.25) is 5.02 Å². The van der Waals surface area contributed by atoms with Gasteiger partial charge in [-0.1, -0.05) is 23.7 Å². The lowest BCUT2D eigenvalue weighted by atomic mass is 10.1. The van der Waals surface area contributed by atoms with E-state index in [1.54, 1.807) is 29.6 Å². The van der Waals surface area contributed by atoms with E-state index in [0.29, 0.717) is 22.3 Å². The number of allylic oxidation sites excluding steroid dienone is 1. The molecule has 0 radical (unpaired) electrons. The zero-order chi connectivity index (χ0) is 20.3. The second-order valence-corrected chi connectivity index (χ2v) is 6.99. The van der Waals surface area contributed by atoms with Crippen LogP contribution < -0.4 is 4.90 Å². The third kappa shape index (κ3) is 4.49. The topological polar surface area (TPSA) is 50.3 Å². The minimum Gasteiger partial charge on any atom is -0.289 e. The zero-order valence-corrected chi connectivity index (χ0v) is 16.1. The summed E-state index contributed by atoms with van der Waals surface area (Å²) >= 11 is 6.97. The summed E-state index contributed by atoms with van der Waals surface area (Å²) in [6.07, 6.45) is 2.82. The molecule has 3 aromatic rings.